The van der Waals surface area contributed by atoms with Crippen molar-refractivity contribution >= 4 is 29.9 Å². The fourth-order valence-corrected chi connectivity index (χ4v) is 1.98. The highest BCUT2D eigenvalue weighted by molar-refractivity contribution is 6.30. The number of amides is 1. The van der Waals surface area contributed by atoms with Gasteiger partial charge in [0.05, 0.1) is 6.54 Å². The van der Waals surface area contributed by atoms with E-state index in [2.05, 4.69) is 5.32 Å². The van der Waals surface area contributed by atoms with E-state index in [1.54, 1.807) is 0 Å². The fraction of sp³-hybridized carbons (Fsp3) is 0.133. The Kier molecular flexibility index (Phi) is 6.52. The Hall–Kier alpha value is -1.55. The second kappa shape index (κ2) is 7.90. The van der Waals surface area contributed by atoms with Crippen molar-refractivity contribution in [2.45, 2.75) is 6.54 Å². The van der Waals surface area contributed by atoms with Crippen LogP contribution in [0.5, 0.6) is 0 Å². The number of halogens is 2. The van der Waals surface area contributed by atoms with Gasteiger partial charge in [0.1, 0.15) is 0 Å². The highest BCUT2D eigenvalue weighted by Crippen LogP contribution is 2.25. The van der Waals surface area contributed by atoms with Crippen molar-refractivity contribution in [3.63, 3.8) is 0 Å². The van der Waals surface area contributed by atoms with Crippen LogP contribution < -0.4 is 11.1 Å². The van der Waals surface area contributed by atoms with E-state index >= 15 is 0 Å². The standard InChI is InChI=1S/C15H15ClN2O.ClH/c16-13-7-5-11(6-8-13)14-4-2-1-3-12(14)10-18-15(19)9-17;/h1-8H,9-10,17H2,(H,18,19);1H. The largest absolute Gasteiger partial charge is 0.351 e. The lowest BCUT2D eigenvalue weighted by Crippen LogP contribution is -2.29. The van der Waals surface area contributed by atoms with Gasteiger partial charge < -0.3 is 11.1 Å². The van der Waals surface area contributed by atoms with Crippen molar-refractivity contribution in [2.24, 2.45) is 5.73 Å². The Labute approximate surface area is 129 Å². The van der Waals surface area contributed by atoms with Crippen LogP contribution in [0.25, 0.3) is 11.1 Å². The zero-order valence-electron chi connectivity index (χ0n) is 10.8. The number of nitrogens with one attached hydrogen (secondary N) is 1. The maximum absolute atomic E-state index is 11.2. The fourth-order valence-electron chi connectivity index (χ4n) is 1.85. The van der Waals surface area contributed by atoms with E-state index in [9.17, 15) is 4.79 Å². The number of carbonyl (C=O) groups excluding carboxylic acids is 1. The van der Waals surface area contributed by atoms with Crippen molar-refractivity contribution in [3.05, 3.63) is 59.1 Å². The second-order valence-electron chi connectivity index (χ2n) is 4.14. The highest BCUT2D eigenvalue weighted by Gasteiger charge is 2.05. The van der Waals surface area contributed by atoms with Gasteiger partial charge in [-0.2, -0.15) is 0 Å². The van der Waals surface area contributed by atoms with Crippen LogP contribution in [0.3, 0.4) is 0 Å². The SMILES string of the molecule is Cl.NCC(=O)NCc1ccccc1-c1ccc(Cl)cc1. The second-order valence-corrected chi connectivity index (χ2v) is 4.58. The molecule has 106 valence electrons. The van der Waals surface area contributed by atoms with E-state index in [0.29, 0.717) is 11.6 Å². The molecule has 2 rings (SSSR count). The molecule has 0 heterocycles. The van der Waals surface area contributed by atoms with Crippen LogP contribution in [0, 0.1) is 0 Å². The summed E-state index contributed by atoms with van der Waals surface area (Å²) < 4.78 is 0. The van der Waals surface area contributed by atoms with E-state index in [1.165, 1.54) is 0 Å². The first kappa shape index (κ1) is 16.5. The molecule has 0 bridgehead atoms. The molecule has 0 aliphatic heterocycles. The van der Waals surface area contributed by atoms with Gasteiger partial charge in [-0.1, -0.05) is 48.0 Å². The van der Waals surface area contributed by atoms with E-state index < -0.39 is 0 Å². The molecule has 0 unspecified atom stereocenters. The van der Waals surface area contributed by atoms with Gasteiger partial charge in [0.25, 0.3) is 0 Å². The van der Waals surface area contributed by atoms with Gasteiger partial charge in [-0.05, 0) is 28.8 Å². The minimum absolute atomic E-state index is 0. The lowest BCUT2D eigenvalue weighted by atomic mass is 10.00. The predicted molar refractivity (Wildman–Crippen MR) is 85.0 cm³/mol. The molecule has 0 radical (unpaired) electrons. The first-order valence-corrected chi connectivity index (χ1v) is 6.39. The van der Waals surface area contributed by atoms with Crippen LogP contribution in [0.15, 0.2) is 48.5 Å². The summed E-state index contributed by atoms with van der Waals surface area (Å²) in [6.45, 7) is 0.470. The Morgan fingerprint density at radius 1 is 1.10 bits per heavy atom. The number of benzene rings is 2. The Morgan fingerprint density at radius 3 is 2.40 bits per heavy atom. The first-order valence-electron chi connectivity index (χ1n) is 6.01. The summed E-state index contributed by atoms with van der Waals surface area (Å²) in [5, 5.41) is 3.49. The van der Waals surface area contributed by atoms with Crippen LogP contribution in [0.1, 0.15) is 5.56 Å². The Morgan fingerprint density at radius 2 is 1.75 bits per heavy atom. The molecule has 0 aromatic heterocycles. The van der Waals surface area contributed by atoms with Crippen molar-refractivity contribution in [2.75, 3.05) is 6.54 Å². The van der Waals surface area contributed by atoms with E-state index in [0.717, 1.165) is 16.7 Å². The topological polar surface area (TPSA) is 55.1 Å². The van der Waals surface area contributed by atoms with Gasteiger partial charge in [-0.3, -0.25) is 4.79 Å². The van der Waals surface area contributed by atoms with Crippen molar-refractivity contribution in [1.29, 1.82) is 0 Å². The Balaban J connectivity index is 0.00000200. The molecule has 0 atom stereocenters. The third kappa shape index (κ3) is 4.23. The summed E-state index contributed by atoms with van der Waals surface area (Å²) in [6.07, 6.45) is 0. The van der Waals surface area contributed by atoms with Gasteiger partial charge in [0.2, 0.25) is 5.91 Å². The van der Waals surface area contributed by atoms with Crippen molar-refractivity contribution in [1.82, 2.24) is 5.32 Å². The third-order valence-corrected chi connectivity index (χ3v) is 3.09. The maximum atomic E-state index is 11.2. The average molecular weight is 311 g/mol. The van der Waals surface area contributed by atoms with Crippen molar-refractivity contribution < 1.29 is 4.79 Å². The summed E-state index contributed by atoms with van der Waals surface area (Å²) in [5.41, 5.74) is 8.47. The van der Waals surface area contributed by atoms with Crippen LogP contribution >= 0.6 is 24.0 Å². The molecule has 0 spiro atoms. The van der Waals surface area contributed by atoms with Gasteiger partial charge in [-0.15, -0.1) is 12.4 Å². The molecular weight excluding hydrogens is 295 g/mol. The van der Waals surface area contributed by atoms with Crippen molar-refractivity contribution in [3.8, 4) is 11.1 Å². The van der Waals surface area contributed by atoms with Gasteiger partial charge in [0, 0.05) is 11.6 Å². The van der Waals surface area contributed by atoms with E-state index in [1.807, 2.05) is 48.5 Å². The predicted octanol–water partition coefficient (Wildman–Crippen LogP) is 3.00. The number of carbonyl (C=O) groups is 1. The lowest BCUT2D eigenvalue weighted by molar-refractivity contribution is -0.119. The summed E-state index contributed by atoms with van der Waals surface area (Å²) in [7, 11) is 0. The average Bonchev–Trinajstić information content (AvgIpc) is 2.46. The van der Waals surface area contributed by atoms with Crippen LogP contribution in [0.4, 0.5) is 0 Å². The normalized spacial score (nSPS) is 9.70. The summed E-state index contributed by atoms with van der Waals surface area (Å²) in [4.78, 5) is 11.2. The molecule has 3 nitrogen and oxygen atoms in total. The maximum Gasteiger partial charge on any atom is 0.234 e. The van der Waals surface area contributed by atoms with Gasteiger partial charge in [0.15, 0.2) is 0 Å². The number of nitrogens with two attached hydrogens (primary N) is 1. The Bertz CT molecular complexity index is 570. The zero-order chi connectivity index (χ0) is 13.7. The van der Waals surface area contributed by atoms with E-state index in [4.69, 9.17) is 17.3 Å². The van der Waals surface area contributed by atoms with Crippen LogP contribution in [0.2, 0.25) is 5.02 Å². The quantitative estimate of drug-likeness (QED) is 0.912. The van der Waals surface area contributed by atoms with E-state index in [-0.39, 0.29) is 24.9 Å². The van der Waals surface area contributed by atoms with Crippen LogP contribution in [-0.4, -0.2) is 12.5 Å². The minimum Gasteiger partial charge on any atom is -0.351 e. The third-order valence-electron chi connectivity index (χ3n) is 2.83. The van der Waals surface area contributed by atoms with Gasteiger partial charge in [-0.25, -0.2) is 0 Å². The molecule has 0 saturated heterocycles. The molecule has 0 fully saturated rings. The molecule has 0 aliphatic rings. The summed E-state index contributed by atoms with van der Waals surface area (Å²) in [6, 6.07) is 15.6. The smallest absolute Gasteiger partial charge is 0.234 e. The molecule has 0 aliphatic carbocycles. The molecule has 2 aromatic carbocycles. The molecule has 20 heavy (non-hydrogen) atoms. The minimum atomic E-state index is -0.161. The molecular formula is C15H16Cl2N2O. The number of hydrogen-bond donors (Lipinski definition) is 2. The summed E-state index contributed by atoms with van der Waals surface area (Å²) >= 11 is 5.89. The highest BCUT2D eigenvalue weighted by atomic mass is 35.5. The number of rotatable bonds is 4. The zero-order valence-corrected chi connectivity index (χ0v) is 12.4. The molecule has 0 saturated carbocycles. The summed E-state index contributed by atoms with van der Waals surface area (Å²) in [5.74, 6) is -0.161. The molecule has 3 N–H and O–H groups in total. The van der Waals surface area contributed by atoms with Crippen LogP contribution in [-0.2, 0) is 11.3 Å². The number of hydrogen-bond acceptors (Lipinski definition) is 2. The monoisotopic (exact) mass is 310 g/mol. The first-order chi connectivity index (χ1) is 9.20. The lowest BCUT2D eigenvalue weighted by Gasteiger charge is -2.10. The van der Waals surface area contributed by atoms with Gasteiger partial charge >= 0.3 is 0 Å². The molecule has 5 heteroatoms. The molecule has 1 amide bonds. The molecule has 2 aromatic rings.